The Morgan fingerprint density at radius 1 is 1.02 bits per heavy atom. The first kappa shape index (κ1) is 32.3. The number of benzene rings is 3. The van der Waals surface area contributed by atoms with Gasteiger partial charge in [0.1, 0.15) is 29.2 Å². The second kappa shape index (κ2) is 14.8. The summed E-state index contributed by atoms with van der Waals surface area (Å²) in [5, 5.41) is 17.7. The molecule has 0 bridgehead atoms. The molecule has 2 saturated heterocycles. The van der Waals surface area contributed by atoms with Crippen molar-refractivity contribution in [3.05, 3.63) is 95.1 Å². The summed E-state index contributed by atoms with van der Waals surface area (Å²) in [5.41, 5.74) is 0.698. The Labute approximate surface area is 261 Å². The fraction of sp³-hybridized carbons (Fsp3) is 0.412. The van der Waals surface area contributed by atoms with E-state index in [9.17, 15) is 23.5 Å². The highest BCUT2D eigenvalue weighted by Crippen LogP contribution is 2.25. The summed E-state index contributed by atoms with van der Waals surface area (Å²) in [7, 11) is 3.04. The zero-order valence-electron chi connectivity index (χ0n) is 25.4. The zero-order valence-corrected chi connectivity index (χ0v) is 25.4. The molecule has 0 aromatic heterocycles. The number of para-hydroxylation sites is 1. The number of nitrogens with zero attached hydrogens (tertiary/aromatic N) is 1. The number of aliphatic hydroxyl groups excluding tert-OH is 1. The maximum absolute atomic E-state index is 14.1. The molecule has 5 atom stereocenters. The number of amides is 2. The minimum Gasteiger partial charge on any atom is -0.497 e. The first-order chi connectivity index (χ1) is 21.7. The summed E-state index contributed by atoms with van der Waals surface area (Å²) < 4.78 is 44.9. The van der Waals surface area contributed by atoms with Crippen LogP contribution in [0.15, 0.2) is 66.7 Å². The van der Waals surface area contributed by atoms with Gasteiger partial charge in [-0.3, -0.25) is 9.59 Å². The molecule has 3 aromatic rings. The van der Waals surface area contributed by atoms with Crippen molar-refractivity contribution < 1.29 is 37.7 Å². The van der Waals surface area contributed by atoms with Crippen molar-refractivity contribution in [2.45, 2.75) is 56.0 Å². The number of ether oxygens (including phenoxy) is 3. The number of hydrogen-bond donors (Lipinski definition) is 3. The number of hydrogen-bond acceptors (Lipinski definition) is 7. The van der Waals surface area contributed by atoms with Gasteiger partial charge in [-0.1, -0.05) is 18.2 Å². The number of likely N-dealkylation sites (tertiary alicyclic amines) is 1. The van der Waals surface area contributed by atoms with Gasteiger partial charge < -0.3 is 34.9 Å². The maximum atomic E-state index is 14.1. The Morgan fingerprint density at radius 2 is 1.76 bits per heavy atom. The van der Waals surface area contributed by atoms with E-state index in [2.05, 4.69) is 10.6 Å². The van der Waals surface area contributed by atoms with Crippen molar-refractivity contribution in [3.8, 4) is 11.5 Å². The van der Waals surface area contributed by atoms with Gasteiger partial charge in [0, 0.05) is 49.9 Å². The van der Waals surface area contributed by atoms with Crippen LogP contribution in [0.1, 0.15) is 45.5 Å². The van der Waals surface area contributed by atoms with E-state index in [1.165, 1.54) is 31.4 Å². The molecular weight excluding hydrogens is 584 g/mol. The predicted octanol–water partition coefficient (Wildman–Crippen LogP) is 3.74. The maximum Gasteiger partial charge on any atom is 0.254 e. The highest BCUT2D eigenvalue weighted by atomic mass is 19.1. The Hall–Kier alpha value is -4.06. The van der Waals surface area contributed by atoms with Crippen molar-refractivity contribution in [1.29, 1.82) is 0 Å². The Morgan fingerprint density at radius 3 is 2.47 bits per heavy atom. The Kier molecular flexibility index (Phi) is 10.6. The molecule has 2 amide bonds. The molecule has 45 heavy (non-hydrogen) atoms. The van der Waals surface area contributed by atoms with Crippen LogP contribution >= 0.6 is 0 Å². The van der Waals surface area contributed by atoms with Gasteiger partial charge in [0.2, 0.25) is 0 Å². The Balaban J connectivity index is 1.36. The third-order valence-electron chi connectivity index (χ3n) is 8.34. The SMILES string of the molecule is COCC1CCCN1C(=O)c1cc(OC)cc(C(=O)N[C@@H](Cc2cc(F)cc(F)c2)[C@H](O)[C@H]2C[C@@H](Oc3ccccc3)CN2)c1. The van der Waals surface area contributed by atoms with E-state index < -0.39 is 35.7 Å². The number of nitrogens with one attached hydrogen (secondary N) is 2. The summed E-state index contributed by atoms with van der Waals surface area (Å²) in [5.74, 6) is -1.32. The molecular formula is C34H39F2N3O6. The lowest BCUT2D eigenvalue weighted by molar-refractivity contribution is 0.0630. The summed E-state index contributed by atoms with van der Waals surface area (Å²) >= 11 is 0. The second-order valence-corrected chi connectivity index (χ2v) is 11.6. The van der Waals surface area contributed by atoms with Gasteiger partial charge in [0.15, 0.2) is 0 Å². The summed E-state index contributed by atoms with van der Waals surface area (Å²) in [6.45, 7) is 1.46. The van der Waals surface area contributed by atoms with Crippen molar-refractivity contribution in [3.63, 3.8) is 0 Å². The number of carbonyl (C=O) groups excluding carboxylic acids is 2. The average Bonchev–Trinajstić information content (AvgIpc) is 3.70. The second-order valence-electron chi connectivity index (χ2n) is 11.6. The van der Waals surface area contributed by atoms with Crippen LogP contribution in [0.25, 0.3) is 0 Å². The van der Waals surface area contributed by atoms with E-state index >= 15 is 0 Å². The molecule has 0 aliphatic carbocycles. The van der Waals surface area contributed by atoms with E-state index in [0.29, 0.717) is 37.6 Å². The monoisotopic (exact) mass is 623 g/mol. The highest BCUT2D eigenvalue weighted by Gasteiger charge is 2.36. The van der Waals surface area contributed by atoms with Crippen LogP contribution in [0.3, 0.4) is 0 Å². The van der Waals surface area contributed by atoms with Gasteiger partial charge in [-0.2, -0.15) is 0 Å². The molecule has 3 aromatic carbocycles. The van der Waals surface area contributed by atoms with Gasteiger partial charge in [-0.25, -0.2) is 8.78 Å². The first-order valence-electron chi connectivity index (χ1n) is 15.1. The average molecular weight is 624 g/mol. The lowest BCUT2D eigenvalue weighted by Crippen LogP contribution is -2.52. The molecule has 2 aliphatic rings. The Bertz CT molecular complexity index is 1460. The van der Waals surface area contributed by atoms with Crippen LogP contribution in [0, 0.1) is 11.6 Å². The summed E-state index contributed by atoms with van der Waals surface area (Å²) in [4.78, 5) is 29.0. The minimum absolute atomic E-state index is 0.0494. The summed E-state index contributed by atoms with van der Waals surface area (Å²) in [6, 6.07) is 15.5. The molecule has 0 spiro atoms. The van der Waals surface area contributed by atoms with Crippen molar-refractivity contribution in [1.82, 2.24) is 15.5 Å². The van der Waals surface area contributed by atoms with E-state index in [1.807, 2.05) is 30.3 Å². The molecule has 3 N–H and O–H groups in total. The fourth-order valence-corrected chi connectivity index (χ4v) is 6.15. The molecule has 0 radical (unpaired) electrons. The third kappa shape index (κ3) is 8.16. The zero-order chi connectivity index (χ0) is 31.9. The topological polar surface area (TPSA) is 109 Å². The first-order valence-corrected chi connectivity index (χ1v) is 15.1. The lowest BCUT2D eigenvalue weighted by atomic mass is 9.94. The number of aliphatic hydroxyl groups is 1. The molecule has 2 heterocycles. The van der Waals surface area contributed by atoms with Crippen molar-refractivity contribution in [2.75, 3.05) is 33.9 Å². The minimum atomic E-state index is -1.14. The van der Waals surface area contributed by atoms with E-state index in [4.69, 9.17) is 14.2 Å². The van der Waals surface area contributed by atoms with Gasteiger partial charge in [-0.15, -0.1) is 0 Å². The quantitative estimate of drug-likeness (QED) is 0.282. The van der Waals surface area contributed by atoms with Crippen LogP contribution in [0.4, 0.5) is 8.78 Å². The molecule has 11 heteroatoms. The molecule has 5 rings (SSSR count). The van der Waals surface area contributed by atoms with E-state index in [0.717, 1.165) is 18.9 Å². The van der Waals surface area contributed by atoms with Gasteiger partial charge >= 0.3 is 0 Å². The summed E-state index contributed by atoms with van der Waals surface area (Å²) in [6.07, 6.45) is 0.695. The van der Waals surface area contributed by atoms with Crippen LogP contribution in [-0.2, 0) is 11.2 Å². The van der Waals surface area contributed by atoms with Crippen LogP contribution in [0.2, 0.25) is 0 Å². The van der Waals surface area contributed by atoms with E-state index in [1.54, 1.807) is 18.1 Å². The highest BCUT2D eigenvalue weighted by molar-refractivity contribution is 6.00. The molecule has 2 fully saturated rings. The standard InChI is InChI=1S/C34H39F2N3O6/c1-43-20-26-7-6-10-39(26)34(42)23-14-22(15-28(16-23)44-2)33(41)38-31(13-21-11-24(35)17-25(36)12-21)32(40)30-18-29(19-37-30)45-27-8-4-3-5-9-27/h3-5,8-9,11-12,14-17,26,29-32,37,40H,6-7,10,13,18-20H2,1-2H3,(H,38,41)/t26?,29-,30-,31+,32-/m1/s1. The normalized spacial score (nSPS) is 20.9. The molecule has 0 saturated carbocycles. The largest absolute Gasteiger partial charge is 0.497 e. The van der Waals surface area contributed by atoms with Crippen molar-refractivity contribution in [2.24, 2.45) is 0 Å². The van der Waals surface area contributed by atoms with Crippen molar-refractivity contribution >= 4 is 11.8 Å². The number of methoxy groups -OCH3 is 2. The third-order valence-corrected chi connectivity index (χ3v) is 8.34. The van der Waals surface area contributed by atoms with Crippen LogP contribution in [-0.4, -0.2) is 86.1 Å². The van der Waals surface area contributed by atoms with E-state index in [-0.39, 0.29) is 41.2 Å². The number of halogens is 2. The lowest BCUT2D eigenvalue weighted by Gasteiger charge is -2.29. The molecule has 1 unspecified atom stereocenters. The smallest absolute Gasteiger partial charge is 0.254 e. The molecule has 2 aliphatic heterocycles. The predicted molar refractivity (Wildman–Crippen MR) is 164 cm³/mol. The number of rotatable bonds is 12. The number of carbonyl (C=O) groups is 2. The van der Waals surface area contributed by atoms with Crippen LogP contribution in [0.5, 0.6) is 11.5 Å². The molecule has 9 nitrogen and oxygen atoms in total. The fourth-order valence-electron chi connectivity index (χ4n) is 6.15. The van der Waals surface area contributed by atoms with Gasteiger partial charge in [-0.05, 0) is 67.3 Å². The van der Waals surface area contributed by atoms with Crippen LogP contribution < -0.4 is 20.1 Å². The molecule has 240 valence electrons. The van der Waals surface area contributed by atoms with Gasteiger partial charge in [0.05, 0.1) is 31.9 Å². The van der Waals surface area contributed by atoms with Gasteiger partial charge in [0.25, 0.3) is 11.8 Å².